The van der Waals surface area contributed by atoms with Gasteiger partial charge in [0, 0.05) is 12.1 Å². The van der Waals surface area contributed by atoms with Crippen LogP contribution in [0.25, 0.3) is 0 Å². The minimum atomic E-state index is -3.54. The monoisotopic (exact) mass is 402 g/mol. The normalized spacial score (nSPS) is 11.2. The molecule has 0 aliphatic rings. The topological polar surface area (TPSA) is 84.5 Å². The number of methoxy groups -OCH3 is 1. The number of ether oxygens (including phenoxy) is 1. The second kappa shape index (κ2) is 8.05. The predicted octanol–water partition coefficient (Wildman–Crippen LogP) is 2.84. The van der Waals surface area contributed by atoms with Crippen molar-refractivity contribution in [3.05, 3.63) is 57.6 Å². The van der Waals surface area contributed by atoms with E-state index in [2.05, 4.69) is 10.0 Å². The summed E-state index contributed by atoms with van der Waals surface area (Å²) >= 11 is 12.0. The summed E-state index contributed by atoms with van der Waals surface area (Å²) in [7, 11) is -0.778. The van der Waals surface area contributed by atoms with Gasteiger partial charge < -0.3 is 10.1 Å². The SMILES string of the molecule is CNS(=O)(=O)c1cccc(CNC(=O)c2cc(Cl)c(OC)c(Cl)c2)c1. The molecule has 0 spiro atoms. The lowest BCUT2D eigenvalue weighted by atomic mass is 10.2. The Kier molecular flexibility index (Phi) is 6.29. The Morgan fingerprint density at radius 1 is 1.16 bits per heavy atom. The number of rotatable bonds is 6. The molecule has 0 radical (unpaired) electrons. The molecule has 0 heterocycles. The molecule has 2 aromatic rings. The van der Waals surface area contributed by atoms with Crippen LogP contribution in [0.3, 0.4) is 0 Å². The third-order valence-corrected chi connectivity index (χ3v) is 5.37. The molecule has 0 unspecified atom stereocenters. The Hall–Kier alpha value is -1.80. The second-order valence-corrected chi connectivity index (χ2v) is 7.71. The lowest BCUT2D eigenvalue weighted by Gasteiger charge is -2.10. The average Bonchev–Trinajstić information content (AvgIpc) is 2.59. The molecule has 2 rings (SSSR count). The van der Waals surface area contributed by atoms with Crippen molar-refractivity contribution < 1.29 is 17.9 Å². The summed E-state index contributed by atoms with van der Waals surface area (Å²) in [5.74, 6) is -0.0989. The van der Waals surface area contributed by atoms with Crippen LogP contribution < -0.4 is 14.8 Å². The predicted molar refractivity (Wildman–Crippen MR) is 96.9 cm³/mol. The van der Waals surface area contributed by atoms with Crippen LogP contribution in [0.5, 0.6) is 5.75 Å². The van der Waals surface area contributed by atoms with Gasteiger partial charge in [-0.1, -0.05) is 35.3 Å². The van der Waals surface area contributed by atoms with Crippen molar-refractivity contribution in [2.45, 2.75) is 11.4 Å². The number of carbonyl (C=O) groups is 1. The van der Waals surface area contributed by atoms with E-state index in [1.165, 1.54) is 38.4 Å². The molecule has 25 heavy (non-hydrogen) atoms. The number of sulfonamides is 1. The molecule has 2 N–H and O–H groups in total. The van der Waals surface area contributed by atoms with Gasteiger partial charge in [-0.05, 0) is 36.9 Å². The van der Waals surface area contributed by atoms with Crippen LogP contribution >= 0.6 is 23.2 Å². The van der Waals surface area contributed by atoms with E-state index in [0.717, 1.165) is 0 Å². The fourth-order valence-corrected chi connectivity index (χ4v) is 3.55. The van der Waals surface area contributed by atoms with Crippen molar-refractivity contribution in [3.63, 3.8) is 0 Å². The number of nitrogens with one attached hydrogen (secondary N) is 2. The van der Waals surface area contributed by atoms with Gasteiger partial charge in [-0.2, -0.15) is 0 Å². The number of hydrogen-bond donors (Lipinski definition) is 2. The smallest absolute Gasteiger partial charge is 0.251 e. The molecule has 0 aliphatic carbocycles. The van der Waals surface area contributed by atoms with E-state index in [1.54, 1.807) is 12.1 Å². The largest absolute Gasteiger partial charge is 0.494 e. The molecule has 134 valence electrons. The van der Waals surface area contributed by atoms with Crippen molar-refractivity contribution in [2.24, 2.45) is 0 Å². The van der Waals surface area contributed by atoms with Crippen molar-refractivity contribution in [1.82, 2.24) is 10.0 Å². The van der Waals surface area contributed by atoms with Crippen LogP contribution in [-0.2, 0) is 16.6 Å². The highest BCUT2D eigenvalue weighted by molar-refractivity contribution is 7.89. The number of benzene rings is 2. The summed E-state index contributed by atoms with van der Waals surface area (Å²) in [6, 6.07) is 9.17. The van der Waals surface area contributed by atoms with Crippen molar-refractivity contribution >= 4 is 39.1 Å². The number of amides is 1. The molecule has 2 aromatic carbocycles. The van der Waals surface area contributed by atoms with Crippen LogP contribution in [-0.4, -0.2) is 28.5 Å². The van der Waals surface area contributed by atoms with Gasteiger partial charge in [-0.15, -0.1) is 0 Å². The maximum atomic E-state index is 12.3. The summed E-state index contributed by atoms with van der Waals surface area (Å²) in [5.41, 5.74) is 0.908. The van der Waals surface area contributed by atoms with Gasteiger partial charge in [0.2, 0.25) is 10.0 Å². The van der Waals surface area contributed by atoms with Gasteiger partial charge >= 0.3 is 0 Å². The Morgan fingerprint density at radius 3 is 2.36 bits per heavy atom. The zero-order valence-corrected chi connectivity index (χ0v) is 15.8. The van der Waals surface area contributed by atoms with Crippen molar-refractivity contribution in [1.29, 1.82) is 0 Å². The standard InChI is InChI=1S/C16H16Cl2N2O4S/c1-19-25(22,23)12-5-3-4-10(6-12)9-20-16(21)11-7-13(17)15(24-2)14(18)8-11/h3-8,19H,9H2,1-2H3,(H,20,21). The lowest BCUT2D eigenvalue weighted by molar-refractivity contribution is 0.0951. The van der Waals surface area contributed by atoms with Crippen LogP contribution in [0, 0.1) is 0 Å². The van der Waals surface area contributed by atoms with Crippen molar-refractivity contribution in [3.8, 4) is 5.75 Å². The molecule has 1 amide bonds. The van der Waals surface area contributed by atoms with Gasteiger partial charge in [0.1, 0.15) is 0 Å². The molecule has 0 atom stereocenters. The molecular formula is C16H16Cl2N2O4S. The first-order valence-electron chi connectivity index (χ1n) is 7.12. The van der Waals surface area contributed by atoms with E-state index >= 15 is 0 Å². The Morgan fingerprint density at radius 2 is 1.80 bits per heavy atom. The first-order valence-corrected chi connectivity index (χ1v) is 9.36. The van der Waals surface area contributed by atoms with E-state index in [9.17, 15) is 13.2 Å². The summed E-state index contributed by atoms with van der Waals surface area (Å²) in [4.78, 5) is 12.4. The van der Waals surface area contributed by atoms with E-state index < -0.39 is 15.9 Å². The second-order valence-electron chi connectivity index (χ2n) is 5.01. The van der Waals surface area contributed by atoms with Gasteiger partial charge in [0.25, 0.3) is 5.91 Å². The lowest BCUT2D eigenvalue weighted by Crippen LogP contribution is -2.23. The summed E-state index contributed by atoms with van der Waals surface area (Å²) < 4.78 is 30.9. The number of hydrogen-bond acceptors (Lipinski definition) is 4. The van der Waals surface area contributed by atoms with Crippen LogP contribution in [0.15, 0.2) is 41.3 Å². The fourth-order valence-electron chi connectivity index (χ4n) is 2.11. The molecule has 6 nitrogen and oxygen atoms in total. The molecule has 0 aliphatic heterocycles. The average molecular weight is 403 g/mol. The Bertz CT molecular complexity index is 878. The number of halogens is 2. The Labute approximate surface area is 156 Å². The summed E-state index contributed by atoms with van der Waals surface area (Å²) in [6.45, 7) is 0.146. The molecular weight excluding hydrogens is 387 g/mol. The highest BCUT2D eigenvalue weighted by Crippen LogP contribution is 2.33. The highest BCUT2D eigenvalue weighted by Gasteiger charge is 2.14. The fraction of sp³-hybridized carbons (Fsp3) is 0.188. The molecule has 9 heteroatoms. The van der Waals surface area contributed by atoms with Gasteiger partial charge in [0.05, 0.1) is 22.1 Å². The molecule has 0 fully saturated rings. The van der Waals surface area contributed by atoms with Crippen LogP contribution in [0.2, 0.25) is 10.0 Å². The van der Waals surface area contributed by atoms with E-state index in [-0.39, 0.29) is 27.0 Å². The van der Waals surface area contributed by atoms with Gasteiger partial charge in [0.15, 0.2) is 5.75 Å². The van der Waals surface area contributed by atoms with E-state index in [1.807, 2.05) is 0 Å². The van der Waals surface area contributed by atoms with Gasteiger partial charge in [-0.3, -0.25) is 4.79 Å². The zero-order valence-electron chi connectivity index (χ0n) is 13.5. The Balaban J connectivity index is 2.14. The molecule has 0 saturated carbocycles. The quantitative estimate of drug-likeness (QED) is 0.777. The van der Waals surface area contributed by atoms with Crippen LogP contribution in [0.1, 0.15) is 15.9 Å². The van der Waals surface area contributed by atoms with Gasteiger partial charge in [-0.25, -0.2) is 13.1 Å². The first-order chi connectivity index (χ1) is 11.8. The summed E-state index contributed by atoms with van der Waals surface area (Å²) in [5, 5.41) is 3.14. The first kappa shape index (κ1) is 19.5. The molecule has 0 aromatic heterocycles. The number of carbonyl (C=O) groups excluding carboxylic acids is 1. The maximum Gasteiger partial charge on any atom is 0.251 e. The minimum absolute atomic E-state index is 0.122. The zero-order chi connectivity index (χ0) is 18.6. The van der Waals surface area contributed by atoms with Crippen LogP contribution in [0.4, 0.5) is 0 Å². The summed E-state index contributed by atoms with van der Waals surface area (Å²) in [6.07, 6.45) is 0. The van der Waals surface area contributed by atoms with E-state index in [4.69, 9.17) is 27.9 Å². The highest BCUT2D eigenvalue weighted by atomic mass is 35.5. The minimum Gasteiger partial charge on any atom is -0.494 e. The third-order valence-electron chi connectivity index (χ3n) is 3.40. The molecule has 0 saturated heterocycles. The third kappa shape index (κ3) is 4.64. The van der Waals surface area contributed by atoms with Crippen molar-refractivity contribution in [2.75, 3.05) is 14.2 Å². The molecule has 0 bridgehead atoms. The maximum absolute atomic E-state index is 12.3. The van der Waals surface area contributed by atoms with E-state index in [0.29, 0.717) is 11.3 Å².